The van der Waals surface area contributed by atoms with E-state index in [9.17, 15) is 30.3 Å². The number of esters is 1. The molecular weight excluding hydrogens is 725 g/mol. The number of fused-ring (bicyclic) bond motifs is 10. The highest BCUT2D eigenvalue weighted by molar-refractivity contribution is 5.69. The van der Waals surface area contributed by atoms with Gasteiger partial charge in [0.2, 0.25) is 0 Å². The van der Waals surface area contributed by atoms with E-state index < -0.39 is 35.4 Å². The fourth-order valence-electron chi connectivity index (χ4n) is 17.8. The third-order valence-corrected chi connectivity index (χ3v) is 21.0. The summed E-state index contributed by atoms with van der Waals surface area (Å²) in [5.74, 6) is 4.56. The zero-order chi connectivity index (χ0) is 41.7. The molecule has 0 heterocycles. The van der Waals surface area contributed by atoms with E-state index in [-0.39, 0.29) is 58.4 Å². The molecule has 20 atom stereocenters. The maximum atomic E-state index is 13.6. The lowest BCUT2D eigenvalue weighted by molar-refractivity contribution is -0.234. The molecule has 0 aromatic carbocycles. The zero-order valence-corrected chi connectivity index (χ0v) is 37.8. The molecule has 7 saturated carbocycles. The maximum Gasteiger partial charge on any atom is 0.306 e. The van der Waals surface area contributed by atoms with E-state index in [0.717, 1.165) is 75.0 Å². The van der Waals surface area contributed by atoms with Crippen molar-refractivity contribution in [2.24, 2.45) is 86.8 Å². The summed E-state index contributed by atoms with van der Waals surface area (Å²) in [7, 11) is 0. The summed E-state index contributed by atoms with van der Waals surface area (Å²) in [6, 6.07) is 0. The first-order valence-electron chi connectivity index (χ1n) is 24.5. The van der Waals surface area contributed by atoms with Crippen LogP contribution in [-0.4, -0.2) is 67.6 Å². The van der Waals surface area contributed by atoms with Crippen LogP contribution in [0.2, 0.25) is 0 Å². The molecule has 5 unspecified atom stereocenters. The van der Waals surface area contributed by atoms with Crippen molar-refractivity contribution >= 4 is 5.97 Å². The van der Waals surface area contributed by atoms with Crippen LogP contribution >= 0.6 is 0 Å². The molecule has 0 aromatic rings. The normalized spacial score (nSPS) is 50.9. The van der Waals surface area contributed by atoms with E-state index in [4.69, 9.17) is 4.74 Å². The molecule has 330 valence electrons. The van der Waals surface area contributed by atoms with E-state index in [0.29, 0.717) is 43.4 Å². The third kappa shape index (κ3) is 7.13. The van der Waals surface area contributed by atoms with Gasteiger partial charge < -0.3 is 30.3 Å². The number of rotatable bonds is 10. The summed E-state index contributed by atoms with van der Waals surface area (Å²) >= 11 is 0. The molecule has 8 aliphatic rings. The first kappa shape index (κ1) is 43.7. The van der Waals surface area contributed by atoms with Gasteiger partial charge in [-0.1, -0.05) is 66.0 Å². The van der Waals surface area contributed by atoms with Gasteiger partial charge in [0.15, 0.2) is 0 Å². The summed E-state index contributed by atoms with van der Waals surface area (Å²) < 4.78 is 6.31. The first-order valence-corrected chi connectivity index (χ1v) is 24.5. The Hall–Kier alpha value is -0.990. The van der Waals surface area contributed by atoms with Gasteiger partial charge in [-0.2, -0.15) is 0 Å². The van der Waals surface area contributed by atoms with Gasteiger partial charge >= 0.3 is 5.97 Å². The van der Waals surface area contributed by atoms with Crippen LogP contribution in [0.25, 0.3) is 0 Å². The summed E-state index contributed by atoms with van der Waals surface area (Å²) in [5, 5.41) is 55.9. The second kappa shape index (κ2) is 15.7. The van der Waals surface area contributed by atoms with Crippen molar-refractivity contribution in [3.8, 4) is 0 Å². The fraction of sp³-hybridized carbons (Fsp3) is 0.941. The van der Waals surface area contributed by atoms with Crippen LogP contribution in [0.4, 0.5) is 0 Å². The number of hydrogen-bond acceptors (Lipinski definition) is 7. The topological polar surface area (TPSA) is 127 Å². The molecule has 58 heavy (non-hydrogen) atoms. The number of allylic oxidation sites excluding steroid dienone is 1. The maximum absolute atomic E-state index is 13.6. The molecule has 8 aliphatic carbocycles. The van der Waals surface area contributed by atoms with Gasteiger partial charge in [0.05, 0.1) is 30.0 Å². The van der Waals surface area contributed by atoms with Crippen molar-refractivity contribution in [3.63, 3.8) is 0 Å². The molecule has 7 fully saturated rings. The van der Waals surface area contributed by atoms with E-state index in [1.807, 2.05) is 13.8 Å². The highest BCUT2D eigenvalue weighted by atomic mass is 16.5. The second-order valence-electron chi connectivity index (χ2n) is 24.1. The number of ether oxygens (including phenoxy) is 1. The minimum Gasteiger partial charge on any atom is -0.462 e. The van der Waals surface area contributed by atoms with Crippen molar-refractivity contribution in [2.45, 2.75) is 214 Å². The van der Waals surface area contributed by atoms with Crippen molar-refractivity contribution in [2.75, 3.05) is 0 Å². The van der Waals surface area contributed by atoms with Gasteiger partial charge in [-0.3, -0.25) is 4.79 Å². The van der Waals surface area contributed by atoms with Crippen LogP contribution in [0.3, 0.4) is 0 Å². The lowest BCUT2D eigenvalue weighted by Gasteiger charge is -2.64. The van der Waals surface area contributed by atoms with Gasteiger partial charge in [0, 0.05) is 12.8 Å². The van der Waals surface area contributed by atoms with Gasteiger partial charge in [-0.25, -0.2) is 0 Å². The highest BCUT2D eigenvalue weighted by Gasteiger charge is 2.67. The molecule has 0 aromatic heterocycles. The van der Waals surface area contributed by atoms with Crippen LogP contribution in [-0.2, 0) is 9.53 Å². The summed E-state index contributed by atoms with van der Waals surface area (Å²) in [6.07, 6.45) is 18.5. The van der Waals surface area contributed by atoms with Gasteiger partial charge in [0.25, 0.3) is 0 Å². The number of hydrogen-bond donors (Lipinski definition) is 5. The summed E-state index contributed by atoms with van der Waals surface area (Å²) in [5.41, 5.74) is 0.895. The molecule has 0 bridgehead atoms. The molecule has 7 nitrogen and oxygen atoms in total. The van der Waals surface area contributed by atoms with Crippen LogP contribution in [0.15, 0.2) is 11.6 Å². The lowest BCUT2D eigenvalue weighted by Crippen LogP contribution is -2.65. The Morgan fingerprint density at radius 2 is 1.48 bits per heavy atom. The summed E-state index contributed by atoms with van der Waals surface area (Å²) in [4.78, 5) is 13.6. The third-order valence-electron chi connectivity index (χ3n) is 21.0. The Balaban J connectivity index is 0.852. The van der Waals surface area contributed by atoms with E-state index in [1.165, 1.54) is 38.5 Å². The minimum absolute atomic E-state index is 0.0342. The Labute approximate surface area is 351 Å². The first-order chi connectivity index (χ1) is 27.2. The Bertz CT molecular complexity index is 1540. The largest absolute Gasteiger partial charge is 0.462 e. The predicted molar refractivity (Wildman–Crippen MR) is 228 cm³/mol. The molecule has 0 saturated heterocycles. The molecule has 0 aliphatic heterocycles. The summed E-state index contributed by atoms with van der Waals surface area (Å²) in [6.45, 7) is 18.3. The van der Waals surface area contributed by atoms with Gasteiger partial charge in [0.1, 0.15) is 6.10 Å². The number of aliphatic hydroxyl groups excluding tert-OH is 4. The van der Waals surface area contributed by atoms with Crippen LogP contribution in [0.1, 0.15) is 177 Å². The number of carbonyl (C=O) groups excluding carboxylic acids is 1. The van der Waals surface area contributed by atoms with E-state index >= 15 is 0 Å². The van der Waals surface area contributed by atoms with Crippen molar-refractivity contribution in [3.05, 3.63) is 11.6 Å². The predicted octanol–water partition coefficient (Wildman–Crippen LogP) is 9.40. The standard InChI is InChI=1S/C51H84O7/c1-29(10-9-21-47(3,4)57)36-14-16-38-35-13-12-31-25-34(19-22-48(31,5)39(35)20-23-49(36,38)6)58-45(56)18-11-30(2)37-15-17-40-46-41(28-44(55)51(37,40)8)50(7)32(26-42(46)53)24-33(52)27-43(50)54/h12,29-30,32-44,46,52-55,57H,9-11,13-28H2,1-8H3/t29-,30-,32+,33+,34?,35+,36-,37-,38+,39+,40?,41?,42-,43?,44+,46?,48+,49-,50+,51-/m1/s1. The quantitative estimate of drug-likeness (QED) is 0.110. The molecule has 0 radical (unpaired) electrons. The molecule has 0 spiro atoms. The van der Waals surface area contributed by atoms with Gasteiger partial charge in [-0.05, 0) is 197 Å². The smallest absolute Gasteiger partial charge is 0.306 e. The van der Waals surface area contributed by atoms with E-state index in [1.54, 1.807) is 5.57 Å². The molecule has 5 N–H and O–H groups in total. The zero-order valence-electron chi connectivity index (χ0n) is 37.8. The Morgan fingerprint density at radius 1 is 0.793 bits per heavy atom. The van der Waals surface area contributed by atoms with Crippen molar-refractivity contribution in [1.82, 2.24) is 0 Å². The molecule has 7 heteroatoms. The lowest BCUT2D eigenvalue weighted by atomic mass is 9.42. The van der Waals surface area contributed by atoms with Crippen LogP contribution in [0, 0.1) is 86.8 Å². The molecule has 0 amide bonds. The SMILES string of the molecule is C[C@H](CCCC(C)(C)O)[C@H]1CC[C@H]2[C@@H]3CC=C4CC(OC(=O)CC[C@@H](C)[C@H]5CCC6C7C(C[C@H](O)[C@@]65C)[C@@]5(C)C(O)C[C@@H](O)C[C@H]5C[C@H]7O)CC[C@]4(C)[C@H]3CC[C@]12C. The van der Waals surface area contributed by atoms with Crippen molar-refractivity contribution < 1.29 is 35.1 Å². The van der Waals surface area contributed by atoms with Crippen LogP contribution in [0.5, 0.6) is 0 Å². The van der Waals surface area contributed by atoms with Crippen molar-refractivity contribution in [1.29, 1.82) is 0 Å². The Morgan fingerprint density at radius 3 is 2.22 bits per heavy atom. The second-order valence-corrected chi connectivity index (χ2v) is 24.1. The Kier molecular flexibility index (Phi) is 11.8. The van der Waals surface area contributed by atoms with Crippen LogP contribution < -0.4 is 0 Å². The van der Waals surface area contributed by atoms with Gasteiger partial charge in [-0.15, -0.1) is 0 Å². The monoisotopic (exact) mass is 809 g/mol. The molecular formula is C51H84O7. The molecule has 8 rings (SSSR count). The van der Waals surface area contributed by atoms with E-state index in [2.05, 4.69) is 47.6 Å². The number of carbonyl (C=O) groups is 1. The highest BCUT2D eigenvalue weighted by Crippen LogP contribution is 2.70. The minimum atomic E-state index is -0.621. The fourth-order valence-corrected chi connectivity index (χ4v) is 17.8. The average molecular weight is 809 g/mol. The average Bonchev–Trinajstić information content (AvgIpc) is 3.69. The number of aliphatic hydroxyl groups is 5.